The minimum Gasteiger partial charge on any atom is -0.312 e. The van der Waals surface area contributed by atoms with Gasteiger partial charge in [-0.3, -0.25) is 0 Å². The van der Waals surface area contributed by atoms with Crippen LogP contribution < -0.4 is 5.32 Å². The molecule has 0 saturated heterocycles. The average molecular weight is 234 g/mol. The van der Waals surface area contributed by atoms with E-state index in [0.29, 0.717) is 6.04 Å². The third-order valence-corrected chi connectivity index (χ3v) is 3.74. The fraction of sp³-hybridized carbons (Fsp3) is 0.600. The third kappa shape index (κ3) is 3.83. The van der Waals surface area contributed by atoms with Gasteiger partial charge >= 0.3 is 0 Å². The second-order valence-electron chi connectivity index (χ2n) is 5.35. The molecule has 1 rings (SSSR count). The van der Waals surface area contributed by atoms with E-state index in [2.05, 4.69) is 75.4 Å². The van der Waals surface area contributed by atoms with Crippen LogP contribution >= 0.6 is 0 Å². The van der Waals surface area contributed by atoms with E-state index in [1.165, 1.54) is 5.56 Å². The van der Waals surface area contributed by atoms with Crippen LogP contribution in [0.2, 0.25) is 0 Å². The zero-order valence-corrected chi connectivity index (χ0v) is 11.8. The highest BCUT2D eigenvalue weighted by atomic mass is 15.2. The Hall–Kier alpha value is -0.860. The predicted molar refractivity (Wildman–Crippen MR) is 75.4 cm³/mol. The number of hydrogen-bond donors (Lipinski definition) is 1. The summed E-state index contributed by atoms with van der Waals surface area (Å²) in [5.41, 5.74) is 1.54. The third-order valence-electron chi connectivity index (χ3n) is 3.74. The van der Waals surface area contributed by atoms with Crippen molar-refractivity contribution in [2.75, 3.05) is 20.6 Å². The number of rotatable bonds is 6. The zero-order chi connectivity index (χ0) is 12.9. The van der Waals surface area contributed by atoms with Crippen LogP contribution in [-0.2, 0) is 6.42 Å². The molecule has 2 nitrogen and oxygen atoms in total. The largest absolute Gasteiger partial charge is 0.312 e. The molecule has 0 saturated carbocycles. The molecule has 0 amide bonds. The molecule has 0 fully saturated rings. The standard InChI is InChI=1S/C15H26N2/c1-6-16-14(15(2,3)17(4)5)12-13-10-8-7-9-11-13/h7-11,14,16H,6,12H2,1-5H3. The molecule has 0 radical (unpaired) electrons. The molecule has 0 aromatic heterocycles. The van der Waals surface area contributed by atoms with Crippen molar-refractivity contribution < 1.29 is 0 Å². The SMILES string of the molecule is CCNC(Cc1ccccc1)C(C)(C)N(C)C. The molecule has 0 spiro atoms. The number of nitrogens with one attached hydrogen (secondary N) is 1. The Labute approximate surface area is 106 Å². The first-order valence-electron chi connectivity index (χ1n) is 6.43. The lowest BCUT2D eigenvalue weighted by Crippen LogP contribution is -2.56. The highest BCUT2D eigenvalue weighted by molar-refractivity contribution is 5.17. The Kier molecular flexibility index (Phi) is 5.16. The number of benzene rings is 1. The number of hydrogen-bond acceptors (Lipinski definition) is 2. The van der Waals surface area contributed by atoms with Crippen LogP contribution in [0.3, 0.4) is 0 Å². The van der Waals surface area contributed by atoms with Crippen LogP contribution in [0.1, 0.15) is 26.3 Å². The Balaban J connectivity index is 2.80. The lowest BCUT2D eigenvalue weighted by Gasteiger charge is -2.40. The van der Waals surface area contributed by atoms with Crippen LogP contribution in [0.4, 0.5) is 0 Å². The fourth-order valence-corrected chi connectivity index (χ4v) is 1.98. The highest BCUT2D eigenvalue weighted by Gasteiger charge is 2.30. The number of likely N-dealkylation sites (N-methyl/N-ethyl adjacent to an activating group) is 2. The van der Waals surface area contributed by atoms with E-state index < -0.39 is 0 Å². The molecule has 96 valence electrons. The maximum Gasteiger partial charge on any atom is 0.0303 e. The van der Waals surface area contributed by atoms with E-state index in [0.717, 1.165) is 13.0 Å². The summed E-state index contributed by atoms with van der Waals surface area (Å²) in [5.74, 6) is 0. The fourth-order valence-electron chi connectivity index (χ4n) is 1.98. The molecule has 1 aromatic carbocycles. The molecule has 0 bridgehead atoms. The quantitative estimate of drug-likeness (QED) is 0.814. The van der Waals surface area contributed by atoms with Gasteiger partial charge in [0.25, 0.3) is 0 Å². The van der Waals surface area contributed by atoms with Crippen LogP contribution in [0, 0.1) is 0 Å². The molecular weight excluding hydrogens is 208 g/mol. The van der Waals surface area contributed by atoms with Crippen LogP contribution in [0.5, 0.6) is 0 Å². The molecule has 17 heavy (non-hydrogen) atoms. The van der Waals surface area contributed by atoms with E-state index >= 15 is 0 Å². The summed E-state index contributed by atoms with van der Waals surface area (Å²) in [6, 6.07) is 11.2. The Morgan fingerprint density at radius 2 is 1.76 bits per heavy atom. The van der Waals surface area contributed by atoms with Crippen molar-refractivity contribution in [2.24, 2.45) is 0 Å². The van der Waals surface area contributed by atoms with Gasteiger partial charge in [0, 0.05) is 11.6 Å². The van der Waals surface area contributed by atoms with Crippen LogP contribution in [0.25, 0.3) is 0 Å². The van der Waals surface area contributed by atoms with E-state index in [9.17, 15) is 0 Å². The van der Waals surface area contributed by atoms with Gasteiger partial charge in [0.2, 0.25) is 0 Å². The zero-order valence-electron chi connectivity index (χ0n) is 11.8. The van der Waals surface area contributed by atoms with Gasteiger partial charge < -0.3 is 10.2 Å². The van der Waals surface area contributed by atoms with Crippen molar-refractivity contribution in [3.05, 3.63) is 35.9 Å². The van der Waals surface area contributed by atoms with Gasteiger partial charge in [-0.05, 0) is 46.5 Å². The molecule has 0 aliphatic carbocycles. The van der Waals surface area contributed by atoms with E-state index in [4.69, 9.17) is 0 Å². The lowest BCUT2D eigenvalue weighted by molar-refractivity contribution is 0.138. The van der Waals surface area contributed by atoms with Gasteiger partial charge in [0.1, 0.15) is 0 Å². The average Bonchev–Trinajstić information content (AvgIpc) is 2.29. The molecule has 0 aliphatic heterocycles. The first-order valence-corrected chi connectivity index (χ1v) is 6.43. The molecule has 1 atom stereocenters. The van der Waals surface area contributed by atoms with Gasteiger partial charge in [-0.1, -0.05) is 37.3 Å². The van der Waals surface area contributed by atoms with Gasteiger partial charge in [-0.15, -0.1) is 0 Å². The Morgan fingerprint density at radius 3 is 2.24 bits per heavy atom. The van der Waals surface area contributed by atoms with E-state index in [-0.39, 0.29) is 5.54 Å². The summed E-state index contributed by atoms with van der Waals surface area (Å²) >= 11 is 0. The Morgan fingerprint density at radius 1 is 1.18 bits per heavy atom. The second-order valence-corrected chi connectivity index (χ2v) is 5.35. The van der Waals surface area contributed by atoms with Crippen molar-refractivity contribution in [3.8, 4) is 0 Å². The summed E-state index contributed by atoms with van der Waals surface area (Å²) < 4.78 is 0. The maximum absolute atomic E-state index is 3.61. The molecule has 2 heteroatoms. The second kappa shape index (κ2) is 6.18. The summed E-state index contributed by atoms with van der Waals surface area (Å²) in [4.78, 5) is 2.29. The summed E-state index contributed by atoms with van der Waals surface area (Å²) in [6.07, 6.45) is 1.07. The van der Waals surface area contributed by atoms with Gasteiger partial charge in [-0.25, -0.2) is 0 Å². The summed E-state index contributed by atoms with van der Waals surface area (Å²) in [5, 5.41) is 3.61. The summed E-state index contributed by atoms with van der Waals surface area (Å²) in [6.45, 7) is 7.77. The minimum absolute atomic E-state index is 0.145. The normalized spacial score (nSPS) is 14.0. The van der Waals surface area contributed by atoms with Crippen LogP contribution in [-0.4, -0.2) is 37.1 Å². The predicted octanol–water partition coefficient (Wildman–Crippen LogP) is 2.55. The Bertz CT molecular complexity index is 317. The van der Waals surface area contributed by atoms with E-state index in [1.54, 1.807) is 0 Å². The lowest BCUT2D eigenvalue weighted by atomic mass is 9.88. The van der Waals surface area contributed by atoms with Crippen molar-refractivity contribution >= 4 is 0 Å². The first-order chi connectivity index (χ1) is 7.98. The van der Waals surface area contributed by atoms with Crippen molar-refractivity contribution in [1.29, 1.82) is 0 Å². The molecule has 1 unspecified atom stereocenters. The topological polar surface area (TPSA) is 15.3 Å². The maximum atomic E-state index is 3.61. The summed E-state index contributed by atoms with van der Waals surface area (Å²) in [7, 11) is 4.30. The van der Waals surface area contributed by atoms with Gasteiger partial charge in [-0.2, -0.15) is 0 Å². The van der Waals surface area contributed by atoms with Crippen molar-refractivity contribution in [3.63, 3.8) is 0 Å². The molecular formula is C15H26N2. The molecule has 0 aliphatic rings. The smallest absolute Gasteiger partial charge is 0.0303 e. The van der Waals surface area contributed by atoms with Gasteiger partial charge in [0.05, 0.1) is 0 Å². The van der Waals surface area contributed by atoms with Crippen molar-refractivity contribution in [2.45, 2.75) is 38.8 Å². The number of nitrogens with zero attached hydrogens (tertiary/aromatic N) is 1. The monoisotopic (exact) mass is 234 g/mol. The van der Waals surface area contributed by atoms with Crippen molar-refractivity contribution in [1.82, 2.24) is 10.2 Å². The van der Waals surface area contributed by atoms with Crippen LogP contribution in [0.15, 0.2) is 30.3 Å². The minimum atomic E-state index is 0.145. The first kappa shape index (κ1) is 14.2. The highest BCUT2D eigenvalue weighted by Crippen LogP contribution is 2.19. The molecule has 0 heterocycles. The van der Waals surface area contributed by atoms with Gasteiger partial charge in [0.15, 0.2) is 0 Å². The molecule has 1 N–H and O–H groups in total. The van der Waals surface area contributed by atoms with E-state index in [1.807, 2.05) is 0 Å². The molecule has 1 aromatic rings.